The first-order valence-corrected chi connectivity index (χ1v) is 9.79. The van der Waals surface area contributed by atoms with Crippen molar-refractivity contribution < 1.29 is 32.6 Å². The van der Waals surface area contributed by atoms with Crippen molar-refractivity contribution in [1.82, 2.24) is 20.3 Å². The van der Waals surface area contributed by atoms with Gasteiger partial charge >= 0.3 is 12.1 Å². The fourth-order valence-corrected chi connectivity index (χ4v) is 2.87. The molecule has 0 atom stereocenters. The molecular formula is C23H19F3N4O4. The molecule has 0 fully saturated rings. The summed E-state index contributed by atoms with van der Waals surface area (Å²) < 4.78 is 36.9. The summed E-state index contributed by atoms with van der Waals surface area (Å²) in [6.07, 6.45) is -1.62. The molecule has 0 saturated heterocycles. The summed E-state index contributed by atoms with van der Waals surface area (Å²) in [6, 6.07) is 17.1. The van der Waals surface area contributed by atoms with Crippen molar-refractivity contribution in [2.75, 3.05) is 7.11 Å². The molecule has 4 rings (SSSR count). The molecule has 0 aliphatic rings. The zero-order valence-corrected chi connectivity index (χ0v) is 17.8. The molecule has 1 amide bonds. The smallest absolute Gasteiger partial charge is 0.490 e. The number of carboxylic acids is 1. The average Bonchev–Trinajstić information content (AvgIpc) is 3.26. The number of amides is 1. The first-order valence-electron chi connectivity index (χ1n) is 9.79. The van der Waals surface area contributed by atoms with E-state index in [4.69, 9.17) is 14.6 Å². The normalized spacial score (nSPS) is 10.8. The Hall–Kier alpha value is -4.41. The molecule has 4 aromatic rings. The number of nitrogens with zero attached hydrogens (tertiary/aromatic N) is 2. The molecule has 34 heavy (non-hydrogen) atoms. The minimum Gasteiger partial charge on any atom is -0.497 e. The molecule has 3 aromatic heterocycles. The van der Waals surface area contributed by atoms with Crippen molar-refractivity contribution in [2.24, 2.45) is 0 Å². The maximum Gasteiger partial charge on any atom is 0.490 e. The largest absolute Gasteiger partial charge is 0.497 e. The number of carbonyl (C=O) groups excluding carboxylic acids is 1. The Bertz CT molecular complexity index is 1290. The van der Waals surface area contributed by atoms with Gasteiger partial charge < -0.3 is 20.1 Å². The number of carboxylic acid groups (broad SMARTS) is 1. The van der Waals surface area contributed by atoms with Gasteiger partial charge in [0.15, 0.2) is 0 Å². The second-order valence-electron chi connectivity index (χ2n) is 6.89. The summed E-state index contributed by atoms with van der Waals surface area (Å²) in [5.74, 6) is -2.17. The van der Waals surface area contributed by atoms with E-state index >= 15 is 0 Å². The Morgan fingerprint density at radius 3 is 2.44 bits per heavy atom. The van der Waals surface area contributed by atoms with Gasteiger partial charge in [0.2, 0.25) is 0 Å². The molecule has 11 heteroatoms. The lowest BCUT2D eigenvalue weighted by atomic mass is 10.1. The topological polar surface area (TPSA) is 117 Å². The van der Waals surface area contributed by atoms with Gasteiger partial charge in [-0.1, -0.05) is 12.1 Å². The van der Waals surface area contributed by atoms with Crippen LogP contribution in [0.25, 0.3) is 22.3 Å². The summed E-state index contributed by atoms with van der Waals surface area (Å²) in [6.45, 7) is 0.418. The number of aromatic nitrogens is 3. The number of ether oxygens (including phenoxy) is 1. The third-order valence-electron chi connectivity index (χ3n) is 4.53. The molecule has 0 aliphatic heterocycles. The number of nitrogens with one attached hydrogen (secondary N) is 2. The van der Waals surface area contributed by atoms with Gasteiger partial charge in [0.1, 0.15) is 17.1 Å². The Morgan fingerprint density at radius 2 is 1.79 bits per heavy atom. The average molecular weight is 472 g/mol. The van der Waals surface area contributed by atoms with Crippen LogP contribution >= 0.6 is 0 Å². The fourth-order valence-electron chi connectivity index (χ4n) is 2.87. The van der Waals surface area contributed by atoms with Crippen molar-refractivity contribution >= 4 is 22.9 Å². The Balaban J connectivity index is 0.000000406. The number of fused-ring (bicyclic) bond motifs is 1. The van der Waals surface area contributed by atoms with Gasteiger partial charge in [0.05, 0.1) is 12.8 Å². The van der Waals surface area contributed by atoms with Crippen LogP contribution in [0.5, 0.6) is 5.75 Å². The van der Waals surface area contributed by atoms with Gasteiger partial charge in [-0.05, 0) is 48.0 Å². The molecular weight excluding hydrogens is 453 g/mol. The highest BCUT2D eigenvalue weighted by Crippen LogP contribution is 2.21. The minimum absolute atomic E-state index is 0.179. The highest BCUT2D eigenvalue weighted by Gasteiger charge is 2.38. The number of pyridine rings is 2. The van der Waals surface area contributed by atoms with Gasteiger partial charge in [-0.25, -0.2) is 9.78 Å². The SMILES string of the molecule is COc1cccc(CNC(=O)c2cc3ccc(-c4ccncc4)nc3[nH]2)c1.O=C(O)C(F)(F)F. The number of hydrogen-bond donors (Lipinski definition) is 3. The molecule has 3 heterocycles. The van der Waals surface area contributed by atoms with Crippen LogP contribution in [-0.2, 0) is 11.3 Å². The van der Waals surface area contributed by atoms with E-state index in [1.165, 1.54) is 0 Å². The molecule has 8 nitrogen and oxygen atoms in total. The molecule has 0 radical (unpaired) electrons. The number of benzene rings is 1. The van der Waals surface area contributed by atoms with Crippen LogP contribution in [-0.4, -0.2) is 45.2 Å². The molecule has 0 aliphatic carbocycles. The number of halogens is 3. The van der Waals surface area contributed by atoms with Gasteiger partial charge in [0, 0.05) is 29.9 Å². The molecule has 176 valence electrons. The van der Waals surface area contributed by atoms with E-state index < -0.39 is 12.1 Å². The number of methoxy groups -OCH3 is 1. The minimum atomic E-state index is -5.08. The predicted octanol–water partition coefficient (Wildman–Crippen LogP) is 4.20. The summed E-state index contributed by atoms with van der Waals surface area (Å²) in [5.41, 5.74) is 3.93. The summed E-state index contributed by atoms with van der Waals surface area (Å²) in [7, 11) is 1.62. The summed E-state index contributed by atoms with van der Waals surface area (Å²) in [5, 5.41) is 10.9. The molecule has 0 unspecified atom stereocenters. The molecule has 0 saturated carbocycles. The number of aliphatic carboxylic acids is 1. The van der Waals surface area contributed by atoms with Crippen LogP contribution in [0.1, 0.15) is 16.1 Å². The van der Waals surface area contributed by atoms with E-state index in [9.17, 15) is 18.0 Å². The van der Waals surface area contributed by atoms with Gasteiger partial charge in [-0.15, -0.1) is 0 Å². The maximum absolute atomic E-state index is 12.5. The van der Waals surface area contributed by atoms with Gasteiger partial charge in [0.25, 0.3) is 5.91 Å². The van der Waals surface area contributed by atoms with Crippen molar-refractivity contribution in [2.45, 2.75) is 12.7 Å². The first-order chi connectivity index (χ1) is 16.2. The number of rotatable bonds is 5. The number of hydrogen-bond acceptors (Lipinski definition) is 5. The molecule has 0 spiro atoms. The van der Waals surface area contributed by atoms with Gasteiger partial charge in [-0.3, -0.25) is 9.78 Å². The number of carbonyl (C=O) groups is 2. The lowest BCUT2D eigenvalue weighted by Crippen LogP contribution is -2.23. The van der Waals surface area contributed by atoms with Crippen LogP contribution in [0.3, 0.4) is 0 Å². The van der Waals surface area contributed by atoms with Crippen LogP contribution < -0.4 is 10.1 Å². The summed E-state index contributed by atoms with van der Waals surface area (Å²) >= 11 is 0. The zero-order chi connectivity index (χ0) is 24.7. The molecule has 3 N–H and O–H groups in total. The second-order valence-corrected chi connectivity index (χ2v) is 6.89. The van der Waals surface area contributed by atoms with Crippen LogP contribution in [0.2, 0.25) is 0 Å². The van der Waals surface area contributed by atoms with Crippen molar-refractivity contribution in [1.29, 1.82) is 0 Å². The fraction of sp³-hybridized carbons (Fsp3) is 0.130. The lowest BCUT2D eigenvalue weighted by Gasteiger charge is -2.06. The Kier molecular flexibility index (Phi) is 7.46. The third-order valence-corrected chi connectivity index (χ3v) is 4.53. The Morgan fingerprint density at radius 1 is 1.09 bits per heavy atom. The maximum atomic E-state index is 12.5. The van der Waals surface area contributed by atoms with E-state index in [0.717, 1.165) is 28.0 Å². The highest BCUT2D eigenvalue weighted by atomic mass is 19.4. The van der Waals surface area contributed by atoms with Crippen LogP contribution in [0.4, 0.5) is 13.2 Å². The number of alkyl halides is 3. The van der Waals surface area contributed by atoms with Crippen molar-refractivity contribution in [3.8, 4) is 17.0 Å². The number of aromatic amines is 1. The lowest BCUT2D eigenvalue weighted by molar-refractivity contribution is -0.192. The Labute approximate surface area is 191 Å². The van der Waals surface area contributed by atoms with Crippen molar-refractivity contribution in [3.63, 3.8) is 0 Å². The molecule has 0 bridgehead atoms. The monoisotopic (exact) mass is 472 g/mol. The van der Waals surface area contributed by atoms with E-state index in [2.05, 4.69) is 20.3 Å². The van der Waals surface area contributed by atoms with Crippen molar-refractivity contribution in [3.05, 3.63) is 78.2 Å². The quantitative estimate of drug-likeness (QED) is 0.401. The number of H-pyrrole nitrogens is 1. The van der Waals surface area contributed by atoms with Gasteiger partial charge in [-0.2, -0.15) is 13.2 Å². The predicted molar refractivity (Wildman–Crippen MR) is 117 cm³/mol. The van der Waals surface area contributed by atoms with E-state index in [1.807, 2.05) is 48.5 Å². The summed E-state index contributed by atoms with van der Waals surface area (Å²) in [4.78, 5) is 33.1. The van der Waals surface area contributed by atoms with E-state index in [1.54, 1.807) is 25.6 Å². The third kappa shape index (κ3) is 6.31. The van der Waals surface area contributed by atoms with E-state index in [0.29, 0.717) is 17.9 Å². The highest BCUT2D eigenvalue weighted by molar-refractivity contribution is 5.97. The zero-order valence-electron chi connectivity index (χ0n) is 17.8. The van der Waals surface area contributed by atoms with Crippen LogP contribution in [0.15, 0.2) is 67.0 Å². The first kappa shape index (κ1) is 24.2. The van der Waals surface area contributed by atoms with E-state index in [-0.39, 0.29) is 5.91 Å². The van der Waals surface area contributed by atoms with Crippen LogP contribution in [0, 0.1) is 0 Å². The second kappa shape index (κ2) is 10.5. The molecule has 1 aromatic carbocycles. The standard InChI is InChI=1S/C21H18N4O2.C2HF3O2/c1-27-17-4-2-3-14(11-17)13-23-21(26)19-12-16-5-6-18(24-20(16)25-19)15-7-9-22-10-8-15;3-2(4,5)1(6)7/h2-12H,13H2,1H3,(H,23,26)(H,24,25);(H,6,7).